The van der Waals surface area contributed by atoms with Gasteiger partial charge in [-0.15, -0.1) is 0 Å². The Bertz CT molecular complexity index is 1160. The van der Waals surface area contributed by atoms with Crippen LogP contribution in [0.4, 0.5) is 13.2 Å². The van der Waals surface area contributed by atoms with Crippen LogP contribution in [0.1, 0.15) is 89.5 Å². The van der Waals surface area contributed by atoms with E-state index in [1.54, 1.807) is 0 Å². The van der Waals surface area contributed by atoms with Gasteiger partial charge in [0.2, 0.25) is 8.45 Å². The lowest BCUT2D eigenvalue weighted by Gasteiger charge is -2.31. The maximum Gasteiger partial charge on any atom is 0.523 e. The Morgan fingerprint density at radius 1 is 0.744 bits per heavy atom. The molecular formula is C29H40F3N2O3PS. The normalized spacial score (nSPS) is 22.3. The maximum absolute atomic E-state index is 13.5. The standard InChI is InChI=1S/C29H40F3N2O3PS/c1-27(2,3)23-15-11-21(12-16-23)19-33-25-9-7-8-10-26(25)34(38(33)37-39(35,36)29(30,31)32)20-22-13-17-24(18-14-22)28(4,5)6/h11-18,25-26H,7-10,19-20H2,1-6H3/t25-,26-/m1/s1. The van der Waals surface area contributed by atoms with E-state index in [0.29, 0.717) is 13.1 Å². The van der Waals surface area contributed by atoms with E-state index in [-0.39, 0.29) is 22.9 Å². The van der Waals surface area contributed by atoms with E-state index in [2.05, 4.69) is 41.5 Å². The summed E-state index contributed by atoms with van der Waals surface area (Å²) in [4.78, 5) is 0. The first kappa shape index (κ1) is 30.4. The molecule has 2 aromatic rings. The number of rotatable bonds is 6. The summed E-state index contributed by atoms with van der Waals surface area (Å²) in [6, 6.07) is 15.9. The molecule has 0 N–H and O–H groups in total. The quantitative estimate of drug-likeness (QED) is 0.254. The molecule has 39 heavy (non-hydrogen) atoms. The van der Waals surface area contributed by atoms with Crippen LogP contribution in [0.5, 0.6) is 0 Å². The van der Waals surface area contributed by atoms with Crippen molar-refractivity contribution in [3.05, 3.63) is 70.8 Å². The van der Waals surface area contributed by atoms with Gasteiger partial charge in [-0.3, -0.25) is 0 Å². The van der Waals surface area contributed by atoms with E-state index in [9.17, 15) is 21.6 Å². The molecule has 0 spiro atoms. The minimum Gasteiger partial charge on any atom is -0.237 e. The topological polar surface area (TPSA) is 49.9 Å². The first-order valence-corrected chi connectivity index (χ1v) is 16.1. The van der Waals surface area contributed by atoms with E-state index >= 15 is 0 Å². The minimum absolute atomic E-state index is 0.0313. The molecule has 2 aliphatic rings. The number of hydrogen-bond acceptors (Lipinski definition) is 5. The highest BCUT2D eigenvalue weighted by atomic mass is 32.2. The fourth-order valence-corrected chi connectivity index (χ4v) is 8.99. The first-order valence-electron chi connectivity index (χ1n) is 13.5. The lowest BCUT2D eigenvalue weighted by Crippen LogP contribution is -2.39. The van der Waals surface area contributed by atoms with Gasteiger partial charge in [-0.05, 0) is 45.9 Å². The van der Waals surface area contributed by atoms with Gasteiger partial charge in [0.05, 0.1) is 0 Å². The lowest BCUT2D eigenvalue weighted by atomic mass is 9.86. The Hall–Kier alpha value is -1.51. The monoisotopic (exact) mass is 584 g/mol. The van der Waals surface area contributed by atoms with Crippen LogP contribution in [0.2, 0.25) is 0 Å². The third-order valence-corrected chi connectivity index (χ3v) is 11.3. The van der Waals surface area contributed by atoms with Gasteiger partial charge in [-0.1, -0.05) is 103 Å². The summed E-state index contributed by atoms with van der Waals surface area (Å²) in [5.74, 6) is 0. The van der Waals surface area contributed by atoms with Crippen LogP contribution >= 0.6 is 8.45 Å². The minimum atomic E-state index is -5.78. The molecule has 0 aromatic heterocycles. The second-order valence-electron chi connectivity index (χ2n) is 12.7. The van der Waals surface area contributed by atoms with Crippen LogP contribution in [-0.2, 0) is 38.0 Å². The van der Waals surface area contributed by atoms with Crippen LogP contribution in [0.25, 0.3) is 0 Å². The van der Waals surface area contributed by atoms with Crippen molar-refractivity contribution < 1.29 is 25.6 Å². The summed E-state index contributed by atoms with van der Waals surface area (Å²) in [6.45, 7) is 13.4. The van der Waals surface area contributed by atoms with Gasteiger partial charge >= 0.3 is 15.6 Å². The fourth-order valence-electron chi connectivity index (χ4n) is 5.35. The molecule has 2 atom stereocenters. The lowest BCUT2D eigenvalue weighted by molar-refractivity contribution is -0.0500. The molecule has 0 unspecified atom stereocenters. The number of nitrogens with zero attached hydrogens (tertiary/aromatic N) is 2. The molecular weight excluding hydrogens is 544 g/mol. The number of hydrogen-bond donors (Lipinski definition) is 0. The Kier molecular flexibility index (Phi) is 8.63. The molecule has 10 heteroatoms. The summed E-state index contributed by atoms with van der Waals surface area (Å²) in [7, 11) is -8.00. The SMILES string of the molecule is CC(C)(C)c1ccc(CN2[C@@H]3CCCC[C@H]3N(Cc3ccc(C(C)(C)C)cc3)P2OS(=O)(=O)C(F)(F)F)cc1. The second kappa shape index (κ2) is 11.1. The molecule has 1 aliphatic carbocycles. The number of halogens is 3. The van der Waals surface area contributed by atoms with Crippen molar-refractivity contribution in [1.29, 1.82) is 0 Å². The van der Waals surface area contributed by atoms with E-state index in [4.69, 9.17) is 3.97 Å². The van der Waals surface area contributed by atoms with Crippen molar-refractivity contribution in [1.82, 2.24) is 9.34 Å². The number of alkyl halides is 3. The van der Waals surface area contributed by atoms with Crippen LogP contribution in [0, 0.1) is 0 Å². The highest BCUT2D eigenvalue weighted by Crippen LogP contribution is 2.61. The van der Waals surface area contributed by atoms with Gasteiger partial charge in [0.15, 0.2) is 0 Å². The third kappa shape index (κ3) is 6.87. The van der Waals surface area contributed by atoms with E-state index in [0.717, 1.165) is 47.9 Å². The van der Waals surface area contributed by atoms with E-state index in [1.807, 2.05) is 57.9 Å². The Labute approximate surface area is 232 Å². The molecule has 1 saturated heterocycles. The van der Waals surface area contributed by atoms with Gasteiger partial charge in [-0.25, -0.2) is 13.3 Å². The first-order chi connectivity index (χ1) is 18.0. The van der Waals surface area contributed by atoms with Gasteiger partial charge in [0, 0.05) is 25.2 Å². The molecule has 2 aromatic carbocycles. The van der Waals surface area contributed by atoms with Crippen molar-refractivity contribution >= 4 is 18.6 Å². The zero-order chi connectivity index (χ0) is 28.8. The zero-order valence-electron chi connectivity index (χ0n) is 23.6. The van der Waals surface area contributed by atoms with Crippen LogP contribution < -0.4 is 0 Å². The van der Waals surface area contributed by atoms with Crippen molar-refractivity contribution in [2.75, 3.05) is 0 Å². The molecule has 2 fully saturated rings. The molecule has 5 nitrogen and oxygen atoms in total. The van der Waals surface area contributed by atoms with Crippen LogP contribution in [0.15, 0.2) is 48.5 Å². The van der Waals surface area contributed by atoms with Crippen molar-refractivity contribution in [3.8, 4) is 0 Å². The van der Waals surface area contributed by atoms with Crippen LogP contribution in [-0.4, -0.2) is 35.4 Å². The molecule has 0 radical (unpaired) electrons. The summed E-state index contributed by atoms with van der Waals surface area (Å²) in [5, 5.41) is 0. The maximum atomic E-state index is 13.5. The third-order valence-electron chi connectivity index (χ3n) is 7.68. The van der Waals surface area contributed by atoms with Crippen molar-refractivity contribution in [2.45, 2.75) is 109 Å². The molecule has 1 saturated carbocycles. The summed E-state index contributed by atoms with van der Waals surface area (Å²) >= 11 is 0. The highest BCUT2D eigenvalue weighted by molar-refractivity contribution is 7.91. The Morgan fingerprint density at radius 2 is 1.10 bits per heavy atom. The molecule has 0 bridgehead atoms. The van der Waals surface area contributed by atoms with Crippen molar-refractivity contribution in [3.63, 3.8) is 0 Å². The zero-order valence-corrected chi connectivity index (χ0v) is 25.3. The number of benzene rings is 2. The molecule has 4 rings (SSSR count). The second-order valence-corrected chi connectivity index (χ2v) is 16.2. The predicted octanol–water partition coefficient (Wildman–Crippen LogP) is 8.00. The fraction of sp³-hybridized carbons (Fsp3) is 0.586. The average Bonchev–Trinajstić information content (AvgIpc) is 3.10. The molecule has 1 aliphatic heterocycles. The van der Waals surface area contributed by atoms with Crippen molar-refractivity contribution in [2.24, 2.45) is 0 Å². The summed E-state index contributed by atoms with van der Waals surface area (Å²) in [5.41, 5.74) is -1.40. The Morgan fingerprint density at radius 3 is 1.41 bits per heavy atom. The van der Waals surface area contributed by atoms with Gasteiger partial charge < -0.3 is 0 Å². The Balaban J connectivity index is 1.69. The van der Waals surface area contributed by atoms with Gasteiger partial charge in [0.1, 0.15) is 0 Å². The summed E-state index contributed by atoms with van der Waals surface area (Å²) < 4.78 is 74.2. The van der Waals surface area contributed by atoms with E-state index in [1.165, 1.54) is 0 Å². The predicted molar refractivity (Wildman–Crippen MR) is 150 cm³/mol. The molecule has 216 valence electrons. The van der Waals surface area contributed by atoms with Gasteiger partial charge in [-0.2, -0.15) is 21.6 Å². The van der Waals surface area contributed by atoms with Gasteiger partial charge in [0.25, 0.3) is 0 Å². The highest BCUT2D eigenvalue weighted by Gasteiger charge is 2.56. The molecule has 0 amide bonds. The van der Waals surface area contributed by atoms with Crippen LogP contribution in [0.3, 0.4) is 0 Å². The average molecular weight is 585 g/mol. The largest absolute Gasteiger partial charge is 0.523 e. The number of fused-ring (bicyclic) bond motifs is 1. The summed E-state index contributed by atoms with van der Waals surface area (Å²) in [6.07, 6.45) is 3.48. The van der Waals surface area contributed by atoms with E-state index < -0.39 is 24.1 Å². The molecule has 1 heterocycles. The smallest absolute Gasteiger partial charge is 0.237 e.